The van der Waals surface area contributed by atoms with E-state index in [9.17, 15) is 29.3 Å². The average molecular weight is 443 g/mol. The first-order chi connectivity index (χ1) is 15.7. The van der Waals surface area contributed by atoms with E-state index in [4.69, 9.17) is 4.74 Å². The summed E-state index contributed by atoms with van der Waals surface area (Å²) >= 11 is 0. The number of fused-ring (bicyclic) bond motifs is 2. The molecule has 8 nitrogen and oxygen atoms in total. The summed E-state index contributed by atoms with van der Waals surface area (Å²) < 4.78 is 5.06. The molecule has 0 unspecified atom stereocenters. The van der Waals surface area contributed by atoms with Crippen LogP contribution in [0.4, 0.5) is 5.69 Å². The lowest BCUT2D eigenvalue weighted by atomic mass is 9.82. The van der Waals surface area contributed by atoms with Gasteiger partial charge in [0.25, 0.3) is 5.69 Å². The molecule has 0 fully saturated rings. The first-order valence-corrected chi connectivity index (χ1v) is 9.98. The molecule has 4 rings (SSSR count). The van der Waals surface area contributed by atoms with Gasteiger partial charge in [-0.1, -0.05) is 42.0 Å². The zero-order valence-corrected chi connectivity index (χ0v) is 17.7. The highest BCUT2D eigenvalue weighted by molar-refractivity contribution is 6.30. The molecule has 3 aromatic carbocycles. The highest BCUT2D eigenvalue weighted by Gasteiger charge is 2.39. The van der Waals surface area contributed by atoms with Crippen LogP contribution in [-0.4, -0.2) is 34.8 Å². The van der Waals surface area contributed by atoms with Gasteiger partial charge in [0.2, 0.25) is 11.6 Å². The molecule has 0 bridgehead atoms. The van der Waals surface area contributed by atoms with Gasteiger partial charge in [0.15, 0.2) is 12.4 Å². The van der Waals surface area contributed by atoms with E-state index in [0.717, 1.165) is 11.6 Å². The summed E-state index contributed by atoms with van der Waals surface area (Å²) in [5.41, 5.74) is 0.144. The Balaban J connectivity index is 1.69. The van der Waals surface area contributed by atoms with Crippen LogP contribution < -0.4 is 0 Å². The number of hydrogen-bond acceptors (Lipinski definition) is 7. The molecule has 3 aromatic rings. The Bertz CT molecular complexity index is 1390. The van der Waals surface area contributed by atoms with Crippen LogP contribution >= 0.6 is 0 Å². The number of esters is 1. The van der Waals surface area contributed by atoms with Gasteiger partial charge in [-0.05, 0) is 37.6 Å². The van der Waals surface area contributed by atoms with Crippen LogP contribution in [0, 0.1) is 24.0 Å². The van der Waals surface area contributed by atoms with Gasteiger partial charge in [0, 0.05) is 22.3 Å². The summed E-state index contributed by atoms with van der Waals surface area (Å²) in [7, 11) is 0. The molecule has 33 heavy (non-hydrogen) atoms. The molecule has 8 heteroatoms. The van der Waals surface area contributed by atoms with Crippen LogP contribution in [0.1, 0.15) is 63.7 Å². The van der Waals surface area contributed by atoms with Crippen LogP contribution in [0.15, 0.2) is 54.6 Å². The number of nitro benzene ring substituents is 1. The maximum absolute atomic E-state index is 13.0. The van der Waals surface area contributed by atoms with Gasteiger partial charge in [-0.25, -0.2) is 4.79 Å². The summed E-state index contributed by atoms with van der Waals surface area (Å²) in [5.74, 6) is -2.88. The lowest BCUT2D eigenvalue weighted by Gasteiger charge is -2.18. The molecular formula is C25H17NO7. The fraction of sp³-hybridized carbons (Fsp3) is 0.120. The summed E-state index contributed by atoms with van der Waals surface area (Å²) in [4.78, 5) is 62.0. The van der Waals surface area contributed by atoms with Crippen LogP contribution in [0.25, 0.3) is 0 Å². The van der Waals surface area contributed by atoms with Gasteiger partial charge >= 0.3 is 5.97 Å². The quantitative estimate of drug-likeness (QED) is 0.198. The molecule has 1 aliphatic rings. The van der Waals surface area contributed by atoms with E-state index < -0.39 is 51.7 Å². The predicted molar refractivity (Wildman–Crippen MR) is 117 cm³/mol. The fourth-order valence-corrected chi connectivity index (χ4v) is 3.85. The van der Waals surface area contributed by atoms with Crippen molar-refractivity contribution in [1.29, 1.82) is 0 Å². The molecule has 0 heterocycles. The van der Waals surface area contributed by atoms with Crippen molar-refractivity contribution in [2.75, 3.05) is 6.61 Å². The molecule has 0 atom stereocenters. The van der Waals surface area contributed by atoms with E-state index in [1.807, 2.05) is 13.0 Å². The molecule has 0 radical (unpaired) electrons. The number of rotatable bonds is 5. The number of benzene rings is 3. The second-order valence-corrected chi connectivity index (χ2v) is 7.66. The average Bonchev–Trinajstić information content (AvgIpc) is 2.81. The summed E-state index contributed by atoms with van der Waals surface area (Å²) in [6.45, 7) is 2.92. The Kier molecular flexibility index (Phi) is 5.43. The fourth-order valence-electron chi connectivity index (χ4n) is 3.85. The topological polar surface area (TPSA) is 121 Å². The maximum Gasteiger partial charge on any atom is 0.345 e. The second-order valence-electron chi connectivity index (χ2n) is 7.66. The third-order valence-electron chi connectivity index (χ3n) is 5.50. The van der Waals surface area contributed by atoms with Crippen molar-refractivity contribution < 1.29 is 28.8 Å². The van der Waals surface area contributed by atoms with Crippen LogP contribution in [-0.2, 0) is 4.74 Å². The van der Waals surface area contributed by atoms with Crippen LogP contribution in [0.3, 0.4) is 0 Å². The Morgan fingerprint density at radius 2 is 1.55 bits per heavy atom. The molecule has 0 N–H and O–H groups in total. The van der Waals surface area contributed by atoms with Crippen molar-refractivity contribution in [3.63, 3.8) is 0 Å². The summed E-state index contributed by atoms with van der Waals surface area (Å²) in [6.07, 6.45) is 0. The van der Waals surface area contributed by atoms with E-state index in [1.54, 1.807) is 25.1 Å². The molecule has 0 saturated heterocycles. The maximum atomic E-state index is 13.0. The first kappa shape index (κ1) is 21.8. The largest absolute Gasteiger partial charge is 0.454 e. The van der Waals surface area contributed by atoms with E-state index in [2.05, 4.69) is 0 Å². The predicted octanol–water partition coefficient (Wildman–Crippen LogP) is 4.03. The van der Waals surface area contributed by atoms with Crippen molar-refractivity contribution in [3.8, 4) is 0 Å². The second kappa shape index (κ2) is 8.23. The molecular weight excluding hydrogens is 426 g/mol. The molecule has 0 aliphatic heterocycles. The van der Waals surface area contributed by atoms with Gasteiger partial charge in [-0.15, -0.1) is 0 Å². The number of nitro groups is 1. The Hall–Kier alpha value is -4.46. The van der Waals surface area contributed by atoms with Crippen molar-refractivity contribution in [1.82, 2.24) is 0 Å². The standard InChI is InChI=1S/C25H17NO7/c1-13-7-8-14(2)19(11-13)20(27)12-33-25(30)18-10-9-17-21(22(18)26(31)32)24(29)16-6-4-3-5-15(16)23(17)28/h3-11H,12H2,1-2H3. The minimum Gasteiger partial charge on any atom is -0.454 e. The number of hydrogen-bond donors (Lipinski definition) is 0. The number of carbonyl (C=O) groups excluding carboxylic acids is 4. The minimum absolute atomic E-state index is 0.0220. The number of carbonyl (C=O) groups is 4. The molecule has 0 aromatic heterocycles. The number of Topliss-reactive ketones (excluding diaryl/α,β-unsaturated/α-hetero) is 1. The highest BCUT2D eigenvalue weighted by atomic mass is 16.6. The highest BCUT2D eigenvalue weighted by Crippen LogP contribution is 2.35. The third-order valence-corrected chi connectivity index (χ3v) is 5.50. The lowest BCUT2D eigenvalue weighted by Crippen LogP contribution is -2.24. The van der Waals surface area contributed by atoms with E-state index in [-0.39, 0.29) is 16.7 Å². The van der Waals surface area contributed by atoms with Crippen molar-refractivity contribution >= 4 is 29.0 Å². The van der Waals surface area contributed by atoms with Crippen LogP contribution in [0.5, 0.6) is 0 Å². The Morgan fingerprint density at radius 3 is 2.21 bits per heavy atom. The number of nitrogens with zero attached hydrogens (tertiary/aromatic N) is 1. The van der Waals surface area contributed by atoms with Crippen molar-refractivity contribution in [2.24, 2.45) is 0 Å². The van der Waals surface area contributed by atoms with Crippen molar-refractivity contribution in [2.45, 2.75) is 13.8 Å². The SMILES string of the molecule is Cc1ccc(C)c(C(=O)COC(=O)c2ccc3c(c2[N+](=O)[O-])C(=O)c2ccccc2C3=O)c1. The van der Waals surface area contributed by atoms with Gasteiger partial charge < -0.3 is 4.74 Å². The number of ether oxygens (including phenoxy) is 1. The van der Waals surface area contributed by atoms with E-state index in [0.29, 0.717) is 11.1 Å². The molecule has 164 valence electrons. The summed E-state index contributed by atoms with van der Waals surface area (Å²) in [6, 6.07) is 13.5. The normalized spacial score (nSPS) is 12.1. The molecule has 0 amide bonds. The number of aryl methyl sites for hydroxylation is 2. The molecule has 0 spiro atoms. The van der Waals surface area contributed by atoms with Gasteiger partial charge in [0.05, 0.1) is 4.92 Å². The van der Waals surface area contributed by atoms with Crippen molar-refractivity contribution in [3.05, 3.63) is 109 Å². The molecule has 1 aliphatic carbocycles. The zero-order valence-electron chi connectivity index (χ0n) is 17.7. The molecule has 0 saturated carbocycles. The smallest absolute Gasteiger partial charge is 0.345 e. The minimum atomic E-state index is -1.14. The van der Waals surface area contributed by atoms with Gasteiger partial charge in [0.1, 0.15) is 11.1 Å². The van der Waals surface area contributed by atoms with E-state index >= 15 is 0 Å². The number of ketones is 3. The monoisotopic (exact) mass is 443 g/mol. The third kappa shape index (κ3) is 3.71. The zero-order chi connectivity index (χ0) is 23.9. The van der Waals surface area contributed by atoms with Gasteiger partial charge in [-0.2, -0.15) is 0 Å². The Morgan fingerprint density at radius 1 is 0.879 bits per heavy atom. The van der Waals surface area contributed by atoms with E-state index in [1.165, 1.54) is 24.3 Å². The lowest BCUT2D eigenvalue weighted by molar-refractivity contribution is -0.385. The Labute approximate surface area is 188 Å². The van der Waals surface area contributed by atoms with Gasteiger partial charge in [-0.3, -0.25) is 24.5 Å². The first-order valence-electron chi connectivity index (χ1n) is 9.98. The summed E-state index contributed by atoms with van der Waals surface area (Å²) in [5, 5.41) is 11.9. The van der Waals surface area contributed by atoms with Crippen LogP contribution in [0.2, 0.25) is 0 Å².